The molecule has 4 rings (SSSR count). The van der Waals surface area contributed by atoms with Crippen LogP contribution in [0.3, 0.4) is 0 Å². The molecule has 1 saturated carbocycles. The second kappa shape index (κ2) is 15.3. The number of amides is 1. The molecule has 3 atom stereocenters. The fourth-order valence-corrected chi connectivity index (χ4v) is 6.94. The van der Waals surface area contributed by atoms with Gasteiger partial charge in [-0.25, -0.2) is 9.18 Å². The fourth-order valence-electron chi connectivity index (χ4n) is 6.94. The summed E-state index contributed by atoms with van der Waals surface area (Å²) in [6.07, 6.45) is 7.10. The number of benzene rings is 1. The molecular weight excluding hydrogens is 565 g/mol. The zero-order valence-corrected chi connectivity index (χ0v) is 26.8. The molecule has 1 saturated heterocycles. The second-order valence-corrected chi connectivity index (χ2v) is 13.5. The summed E-state index contributed by atoms with van der Waals surface area (Å²) < 4.78 is 26.4. The average molecular weight is 616 g/mol. The molecule has 1 heterocycles. The quantitative estimate of drug-likeness (QED) is 0.198. The van der Waals surface area contributed by atoms with Crippen LogP contribution in [0.15, 0.2) is 33.9 Å². The van der Waals surface area contributed by atoms with Crippen LogP contribution < -0.4 is 21.1 Å². The molecule has 44 heavy (non-hydrogen) atoms. The van der Waals surface area contributed by atoms with Gasteiger partial charge in [0.15, 0.2) is 0 Å². The molecule has 2 fully saturated rings. The van der Waals surface area contributed by atoms with Crippen molar-refractivity contribution in [3.63, 3.8) is 0 Å². The molecule has 2 N–H and O–H groups in total. The van der Waals surface area contributed by atoms with Gasteiger partial charge in [0.2, 0.25) is 0 Å². The highest BCUT2D eigenvalue weighted by molar-refractivity contribution is 5.76. The number of hydrogen-bond acceptors (Lipinski definition) is 7. The Kier molecular flexibility index (Phi) is 11.8. The lowest BCUT2D eigenvalue weighted by atomic mass is 9.84. The Bertz CT molecular complexity index is 1300. The van der Waals surface area contributed by atoms with E-state index in [0.29, 0.717) is 49.9 Å². The number of carboxylic acid groups (broad SMARTS) is 1. The number of methoxy groups -OCH3 is 1. The minimum Gasteiger partial charge on any atom is -0.465 e. The maximum Gasteiger partial charge on any atom is 0.407 e. The van der Waals surface area contributed by atoms with Crippen molar-refractivity contribution >= 4 is 17.5 Å². The number of rotatable bonds is 14. The van der Waals surface area contributed by atoms with Crippen LogP contribution in [0.5, 0.6) is 0 Å². The normalized spacial score (nSPS) is 19.6. The lowest BCUT2D eigenvalue weighted by Crippen LogP contribution is -2.52. The van der Waals surface area contributed by atoms with Gasteiger partial charge >= 0.3 is 6.09 Å². The third-order valence-electron chi connectivity index (χ3n) is 9.22. The molecular formula is C34H50FN3O6. The summed E-state index contributed by atoms with van der Waals surface area (Å²) in [6, 6.07) is 6.33. The first-order valence-electron chi connectivity index (χ1n) is 16.2. The van der Waals surface area contributed by atoms with Crippen molar-refractivity contribution in [1.82, 2.24) is 4.90 Å². The van der Waals surface area contributed by atoms with Crippen LogP contribution in [0.2, 0.25) is 0 Å². The van der Waals surface area contributed by atoms with Gasteiger partial charge in [0.1, 0.15) is 17.2 Å². The largest absolute Gasteiger partial charge is 0.465 e. The zero-order chi connectivity index (χ0) is 31.9. The lowest BCUT2D eigenvalue weighted by molar-refractivity contribution is -0.00433. The molecule has 2 aromatic rings. The number of anilines is 2. The van der Waals surface area contributed by atoms with E-state index in [-0.39, 0.29) is 30.0 Å². The van der Waals surface area contributed by atoms with Crippen molar-refractivity contribution in [3.05, 3.63) is 56.1 Å². The molecule has 2 unspecified atom stereocenters. The summed E-state index contributed by atoms with van der Waals surface area (Å²) >= 11 is 0. The monoisotopic (exact) mass is 615 g/mol. The molecule has 9 nitrogen and oxygen atoms in total. The number of hydrogen-bond donors (Lipinski definition) is 2. The van der Waals surface area contributed by atoms with E-state index in [2.05, 4.69) is 5.32 Å². The second-order valence-electron chi connectivity index (χ2n) is 13.5. The van der Waals surface area contributed by atoms with E-state index in [1.807, 2.05) is 25.7 Å². The first-order chi connectivity index (χ1) is 21.0. The van der Waals surface area contributed by atoms with Gasteiger partial charge in [-0.3, -0.25) is 9.59 Å². The summed E-state index contributed by atoms with van der Waals surface area (Å²) in [7, 11) is 1.63. The van der Waals surface area contributed by atoms with Gasteiger partial charge < -0.3 is 29.7 Å². The Balaban J connectivity index is 1.57. The van der Waals surface area contributed by atoms with Gasteiger partial charge in [-0.05, 0) is 58.4 Å². The van der Waals surface area contributed by atoms with Crippen molar-refractivity contribution in [2.24, 2.45) is 11.8 Å². The molecule has 1 amide bonds. The van der Waals surface area contributed by atoms with E-state index in [0.717, 1.165) is 44.9 Å². The standard InChI is InChI=1S/C34H50FN3O6/c1-34(2,3)38(33(41)42)22-25(20-23-12-6-5-7-13-23)36-28-29(31(40)30(28)39)37-17-10-14-24(21-37)32(44-19-11-18-43-4)26-15-8-9-16-27(26)35/h8-9,15-16,23-25,32,36H,5-7,10-14,17-22H2,1-4H3,(H,41,42)/t24?,25-,32?/m0/s1. The van der Waals surface area contributed by atoms with Gasteiger partial charge in [0, 0.05) is 63.0 Å². The predicted octanol–water partition coefficient (Wildman–Crippen LogP) is 5.96. The van der Waals surface area contributed by atoms with Crippen LogP contribution in [-0.4, -0.2) is 67.6 Å². The smallest absolute Gasteiger partial charge is 0.407 e. The molecule has 0 aromatic heterocycles. The van der Waals surface area contributed by atoms with Gasteiger partial charge in [-0.15, -0.1) is 0 Å². The van der Waals surface area contributed by atoms with Crippen molar-refractivity contribution in [3.8, 4) is 0 Å². The third kappa shape index (κ3) is 8.38. The van der Waals surface area contributed by atoms with Crippen molar-refractivity contribution in [1.29, 1.82) is 0 Å². The number of carbonyl (C=O) groups is 1. The Morgan fingerprint density at radius 3 is 2.48 bits per heavy atom. The maximum absolute atomic E-state index is 15.0. The molecule has 0 spiro atoms. The Morgan fingerprint density at radius 2 is 1.82 bits per heavy atom. The first kappa shape index (κ1) is 33.9. The summed E-state index contributed by atoms with van der Waals surface area (Å²) in [4.78, 5) is 41.7. The van der Waals surface area contributed by atoms with Crippen molar-refractivity contribution < 1.29 is 23.8 Å². The fraction of sp³-hybridized carbons (Fsp3) is 0.676. The van der Waals surface area contributed by atoms with Crippen LogP contribution in [0.25, 0.3) is 0 Å². The van der Waals surface area contributed by atoms with Gasteiger partial charge in [0.25, 0.3) is 10.9 Å². The van der Waals surface area contributed by atoms with Gasteiger partial charge in [-0.2, -0.15) is 0 Å². The molecule has 2 aliphatic rings. The van der Waals surface area contributed by atoms with Crippen molar-refractivity contribution in [2.75, 3.05) is 50.2 Å². The minimum absolute atomic E-state index is 0.0955. The molecule has 1 aliphatic heterocycles. The topological polar surface area (TPSA) is 108 Å². The molecule has 2 aromatic carbocycles. The minimum atomic E-state index is -1.01. The van der Waals surface area contributed by atoms with E-state index in [1.54, 1.807) is 25.3 Å². The number of halogens is 1. The summed E-state index contributed by atoms with van der Waals surface area (Å²) in [5, 5.41) is 13.4. The Hall–Kier alpha value is -2.98. The highest BCUT2D eigenvalue weighted by Crippen LogP contribution is 2.37. The predicted molar refractivity (Wildman–Crippen MR) is 171 cm³/mol. The summed E-state index contributed by atoms with van der Waals surface area (Å²) in [6.45, 7) is 7.78. The Labute approximate surface area is 260 Å². The van der Waals surface area contributed by atoms with E-state index < -0.39 is 28.6 Å². The van der Waals surface area contributed by atoms with E-state index in [9.17, 15) is 23.9 Å². The van der Waals surface area contributed by atoms with Gasteiger partial charge in [0.05, 0.1) is 6.10 Å². The maximum atomic E-state index is 15.0. The molecule has 10 heteroatoms. The Morgan fingerprint density at radius 1 is 1.09 bits per heavy atom. The number of ether oxygens (including phenoxy) is 2. The van der Waals surface area contributed by atoms with Gasteiger partial charge in [-0.1, -0.05) is 50.3 Å². The van der Waals surface area contributed by atoms with Crippen LogP contribution in [0, 0.1) is 17.7 Å². The summed E-state index contributed by atoms with van der Waals surface area (Å²) in [5.41, 5.74) is -0.589. The highest BCUT2D eigenvalue weighted by Gasteiger charge is 2.37. The molecule has 244 valence electrons. The average Bonchev–Trinajstić information content (AvgIpc) is 2.99. The van der Waals surface area contributed by atoms with Crippen LogP contribution >= 0.6 is 0 Å². The SMILES string of the molecule is COCCCOC(c1ccccc1F)C1CCCN(c2c(N[C@@H](CC3CCCCC3)CN(C(=O)O)C(C)(C)C)c(=O)c2=O)C1. The molecule has 0 bridgehead atoms. The third-order valence-corrected chi connectivity index (χ3v) is 9.22. The number of nitrogens with one attached hydrogen (secondary N) is 1. The zero-order valence-electron chi connectivity index (χ0n) is 26.8. The van der Waals surface area contributed by atoms with E-state index in [4.69, 9.17) is 9.47 Å². The van der Waals surface area contributed by atoms with Crippen LogP contribution in [0.1, 0.15) is 90.2 Å². The molecule has 1 aliphatic carbocycles. The number of piperidine rings is 1. The highest BCUT2D eigenvalue weighted by atomic mass is 19.1. The van der Waals surface area contributed by atoms with Crippen molar-refractivity contribution in [2.45, 2.75) is 96.2 Å². The summed E-state index contributed by atoms with van der Waals surface area (Å²) in [5.74, 6) is 0.00930. The van der Waals surface area contributed by atoms with E-state index in [1.165, 1.54) is 17.4 Å². The lowest BCUT2D eigenvalue weighted by Gasteiger charge is -2.40. The first-order valence-corrected chi connectivity index (χ1v) is 16.2. The number of nitrogens with zero attached hydrogens (tertiary/aromatic N) is 2. The van der Waals surface area contributed by atoms with E-state index >= 15 is 0 Å². The van der Waals surface area contributed by atoms with Crippen LogP contribution in [-0.2, 0) is 9.47 Å². The molecule has 0 radical (unpaired) electrons. The van der Waals surface area contributed by atoms with Crippen LogP contribution in [0.4, 0.5) is 20.6 Å².